The number of para-hydroxylation sites is 1. The third kappa shape index (κ3) is 3.59. The van der Waals surface area contributed by atoms with Crippen LogP contribution in [0.15, 0.2) is 83.5 Å². The largest absolute Gasteiger partial charge is 0.437 e. The maximum Gasteiger partial charge on any atom is 0.227 e. The predicted octanol–water partition coefficient (Wildman–Crippen LogP) is 6.83. The van der Waals surface area contributed by atoms with Crippen molar-refractivity contribution in [1.29, 1.82) is 0 Å². The number of hydrogen-bond acceptors (Lipinski definition) is 3. The van der Waals surface area contributed by atoms with E-state index in [1.165, 1.54) is 0 Å². The summed E-state index contributed by atoms with van der Waals surface area (Å²) in [6.45, 7) is 3.72. The molecular formula is C27H24N2O. The van der Waals surface area contributed by atoms with Gasteiger partial charge in [0.25, 0.3) is 0 Å². The van der Waals surface area contributed by atoms with Crippen LogP contribution in [-0.4, -0.2) is 9.97 Å². The average Bonchev–Trinajstić information content (AvgIpc) is 3.22. The quantitative estimate of drug-likeness (QED) is 0.327. The molecule has 0 saturated heterocycles. The molecule has 0 atom stereocenters. The SMILES string of the molecule is [2H]C([2H])(c1ccccc1)c1cccc2c1oc1ncc(-c3cc(C([2H])([2H])C(C)C)ccn3)cc12. The van der Waals surface area contributed by atoms with Crippen molar-refractivity contribution in [3.63, 3.8) is 0 Å². The van der Waals surface area contributed by atoms with Crippen LogP contribution in [0.1, 0.15) is 36.0 Å². The zero-order chi connectivity index (χ0) is 24.1. The first kappa shape index (κ1) is 14.5. The van der Waals surface area contributed by atoms with Crippen LogP contribution in [0.25, 0.3) is 33.3 Å². The summed E-state index contributed by atoms with van der Waals surface area (Å²) in [5, 5.41) is 1.53. The summed E-state index contributed by atoms with van der Waals surface area (Å²) in [6.07, 6.45) is 0.0631. The van der Waals surface area contributed by atoms with Crippen LogP contribution in [0.3, 0.4) is 0 Å². The van der Waals surface area contributed by atoms with Gasteiger partial charge in [-0.05, 0) is 47.2 Å². The number of nitrogens with zero attached hydrogens (tertiary/aromatic N) is 2. The van der Waals surface area contributed by atoms with E-state index >= 15 is 0 Å². The van der Waals surface area contributed by atoms with Crippen LogP contribution < -0.4 is 0 Å². The van der Waals surface area contributed by atoms with Gasteiger partial charge >= 0.3 is 0 Å². The Morgan fingerprint density at radius 1 is 0.900 bits per heavy atom. The Kier molecular flexibility index (Phi) is 3.75. The highest BCUT2D eigenvalue weighted by Crippen LogP contribution is 2.33. The van der Waals surface area contributed by atoms with Crippen molar-refractivity contribution in [1.82, 2.24) is 9.97 Å². The zero-order valence-electron chi connectivity index (χ0n) is 20.9. The van der Waals surface area contributed by atoms with Gasteiger partial charge in [0.2, 0.25) is 5.71 Å². The van der Waals surface area contributed by atoms with Crippen LogP contribution in [0.2, 0.25) is 0 Å². The standard InChI is InChI=1S/C27H24N2O/c1-18(2)13-20-11-12-28-25(15-20)22-16-24-23-10-6-9-21(14-19-7-4-3-5-8-19)26(23)30-27(24)29-17-22/h3-12,15-18H,13-14H2,1-2H3/i13D2,14D2. The molecule has 0 bridgehead atoms. The van der Waals surface area contributed by atoms with E-state index in [1.807, 2.05) is 50.2 Å². The molecule has 0 N–H and O–H groups in total. The molecule has 148 valence electrons. The number of hydrogen-bond donors (Lipinski definition) is 0. The lowest BCUT2D eigenvalue weighted by molar-refractivity contribution is 0.647. The second-order valence-electron chi connectivity index (χ2n) is 7.58. The zero-order valence-corrected chi connectivity index (χ0v) is 16.9. The maximum absolute atomic E-state index is 8.80. The molecule has 3 nitrogen and oxygen atoms in total. The van der Waals surface area contributed by atoms with Crippen LogP contribution in [0.4, 0.5) is 0 Å². The van der Waals surface area contributed by atoms with Crippen molar-refractivity contribution >= 4 is 22.1 Å². The molecule has 3 aromatic heterocycles. The summed E-state index contributed by atoms with van der Waals surface area (Å²) in [5.41, 5.74) is 3.83. The predicted molar refractivity (Wildman–Crippen MR) is 123 cm³/mol. The molecule has 0 aliphatic rings. The number of benzene rings is 2. The summed E-state index contributed by atoms with van der Waals surface area (Å²) in [7, 11) is 0. The molecule has 0 saturated carbocycles. The topological polar surface area (TPSA) is 38.9 Å². The number of rotatable bonds is 5. The molecule has 0 amide bonds. The molecule has 0 fully saturated rings. The van der Waals surface area contributed by atoms with Crippen molar-refractivity contribution in [3.8, 4) is 11.3 Å². The molecular weight excluding hydrogens is 368 g/mol. The Morgan fingerprint density at radius 2 is 1.77 bits per heavy atom. The van der Waals surface area contributed by atoms with E-state index in [2.05, 4.69) is 9.97 Å². The Labute approximate surface area is 182 Å². The molecule has 0 aliphatic carbocycles. The summed E-state index contributed by atoms with van der Waals surface area (Å²) in [4.78, 5) is 8.95. The highest BCUT2D eigenvalue weighted by molar-refractivity contribution is 6.05. The summed E-state index contributed by atoms with van der Waals surface area (Å²) in [6, 6.07) is 19.9. The van der Waals surface area contributed by atoms with Crippen molar-refractivity contribution in [2.75, 3.05) is 0 Å². The van der Waals surface area contributed by atoms with Gasteiger partial charge in [-0.15, -0.1) is 0 Å². The monoisotopic (exact) mass is 396 g/mol. The van der Waals surface area contributed by atoms with Gasteiger partial charge in [-0.2, -0.15) is 0 Å². The Bertz CT molecular complexity index is 1490. The lowest BCUT2D eigenvalue weighted by Gasteiger charge is -2.07. The molecule has 0 spiro atoms. The molecule has 2 aromatic carbocycles. The number of aromatic nitrogens is 2. The second-order valence-corrected chi connectivity index (χ2v) is 7.58. The highest BCUT2D eigenvalue weighted by Gasteiger charge is 2.14. The normalized spacial score (nSPS) is 14.5. The minimum Gasteiger partial charge on any atom is -0.437 e. The fourth-order valence-electron chi connectivity index (χ4n) is 3.61. The molecule has 3 heterocycles. The lowest BCUT2D eigenvalue weighted by atomic mass is 10.0. The first-order chi connectivity index (χ1) is 16.2. The molecule has 0 radical (unpaired) electrons. The third-order valence-corrected chi connectivity index (χ3v) is 4.92. The molecule has 5 rings (SSSR count). The van der Waals surface area contributed by atoms with Gasteiger partial charge in [0.05, 0.1) is 5.69 Å². The molecule has 30 heavy (non-hydrogen) atoms. The Balaban J connectivity index is 1.65. The van der Waals surface area contributed by atoms with E-state index in [4.69, 9.17) is 9.90 Å². The van der Waals surface area contributed by atoms with Crippen molar-refractivity contribution in [3.05, 3.63) is 95.8 Å². The minimum atomic E-state index is -1.74. The van der Waals surface area contributed by atoms with Crippen LogP contribution in [0.5, 0.6) is 0 Å². The van der Waals surface area contributed by atoms with E-state index in [9.17, 15) is 0 Å². The lowest BCUT2D eigenvalue weighted by Crippen LogP contribution is -1.95. The van der Waals surface area contributed by atoms with Crippen LogP contribution in [-0.2, 0) is 12.7 Å². The van der Waals surface area contributed by atoms with E-state index in [-0.39, 0.29) is 5.92 Å². The Morgan fingerprint density at radius 3 is 2.60 bits per heavy atom. The second kappa shape index (κ2) is 7.75. The smallest absolute Gasteiger partial charge is 0.227 e. The number of furan rings is 1. The first-order valence-corrected chi connectivity index (χ1v) is 10.0. The van der Waals surface area contributed by atoms with Gasteiger partial charge in [-0.3, -0.25) is 4.98 Å². The van der Waals surface area contributed by atoms with Gasteiger partial charge in [-0.1, -0.05) is 62.4 Å². The first-order valence-electron chi connectivity index (χ1n) is 12.0. The maximum atomic E-state index is 8.80. The molecule has 0 aliphatic heterocycles. The van der Waals surface area contributed by atoms with Gasteiger partial charge in [0.15, 0.2) is 0 Å². The van der Waals surface area contributed by atoms with Gasteiger partial charge in [-0.25, -0.2) is 4.98 Å². The van der Waals surface area contributed by atoms with Gasteiger partial charge in [0, 0.05) is 40.6 Å². The summed E-state index contributed by atoms with van der Waals surface area (Å²) in [5.74, 6) is -0.181. The molecule has 0 unspecified atom stereocenters. The highest BCUT2D eigenvalue weighted by atomic mass is 16.3. The van der Waals surface area contributed by atoms with E-state index in [0.29, 0.717) is 33.7 Å². The minimum absolute atomic E-state index is 0.181. The van der Waals surface area contributed by atoms with E-state index in [0.717, 1.165) is 16.3 Å². The number of fused-ring (bicyclic) bond motifs is 3. The van der Waals surface area contributed by atoms with Crippen molar-refractivity contribution < 1.29 is 9.90 Å². The number of pyridine rings is 2. The van der Waals surface area contributed by atoms with E-state index in [1.54, 1.807) is 42.7 Å². The molecule has 3 heteroatoms. The van der Waals surface area contributed by atoms with Crippen LogP contribution >= 0.6 is 0 Å². The summed E-state index contributed by atoms with van der Waals surface area (Å²) < 4.78 is 40.5. The van der Waals surface area contributed by atoms with Crippen LogP contribution in [0, 0.1) is 5.92 Å². The third-order valence-electron chi connectivity index (χ3n) is 4.92. The molecule has 5 aromatic rings. The van der Waals surface area contributed by atoms with Crippen molar-refractivity contribution in [2.24, 2.45) is 5.92 Å². The van der Waals surface area contributed by atoms with Gasteiger partial charge < -0.3 is 4.42 Å². The van der Waals surface area contributed by atoms with E-state index < -0.39 is 12.7 Å². The fraction of sp³-hybridized carbons (Fsp3) is 0.185. The fourth-order valence-corrected chi connectivity index (χ4v) is 3.61. The van der Waals surface area contributed by atoms with Gasteiger partial charge in [0.1, 0.15) is 5.58 Å². The summed E-state index contributed by atoms with van der Waals surface area (Å²) >= 11 is 0. The van der Waals surface area contributed by atoms with Crippen molar-refractivity contribution in [2.45, 2.75) is 26.6 Å². The average molecular weight is 397 g/mol. The Hall–Kier alpha value is -3.46.